The summed E-state index contributed by atoms with van der Waals surface area (Å²) in [5.74, 6) is -1.47. The third-order valence-electron chi connectivity index (χ3n) is 2.84. The Morgan fingerprint density at radius 3 is 2.60 bits per heavy atom. The van der Waals surface area contributed by atoms with Gasteiger partial charge in [0.25, 0.3) is 0 Å². The van der Waals surface area contributed by atoms with Gasteiger partial charge in [0.05, 0.1) is 0 Å². The highest BCUT2D eigenvalue weighted by Crippen LogP contribution is 2.24. The smallest absolute Gasteiger partial charge is 0.356 e. The van der Waals surface area contributed by atoms with E-state index < -0.39 is 5.97 Å². The molecule has 0 spiro atoms. The lowest BCUT2D eigenvalue weighted by atomic mass is 10.1. The number of carbonyl (C=O) groups is 2. The van der Waals surface area contributed by atoms with Crippen molar-refractivity contribution in [1.29, 1.82) is 0 Å². The highest BCUT2D eigenvalue weighted by atomic mass is 32.1. The van der Waals surface area contributed by atoms with Crippen molar-refractivity contribution >= 4 is 28.2 Å². The first-order valence-electron chi connectivity index (χ1n) is 6.02. The fraction of sp³-hybridized carbons (Fsp3) is 0.214. The molecular formula is C14H14N2O3S. The van der Waals surface area contributed by atoms with Crippen molar-refractivity contribution in [3.8, 4) is 0 Å². The Morgan fingerprint density at radius 1 is 1.35 bits per heavy atom. The molecule has 0 unspecified atom stereocenters. The minimum Gasteiger partial charge on any atom is -0.476 e. The fourth-order valence-electron chi connectivity index (χ4n) is 1.76. The van der Waals surface area contributed by atoms with Crippen LogP contribution in [0.4, 0.5) is 5.13 Å². The second kappa shape index (κ2) is 5.83. The third-order valence-corrected chi connectivity index (χ3v) is 3.95. The van der Waals surface area contributed by atoms with Crippen molar-refractivity contribution in [3.63, 3.8) is 0 Å². The second-order valence-corrected chi connectivity index (χ2v) is 5.34. The molecular weight excluding hydrogens is 276 g/mol. The SMILES string of the molecule is CC(=O)c1sc(NCc2ccccc2C)nc1C(=O)O. The van der Waals surface area contributed by atoms with E-state index in [1.807, 2.05) is 31.2 Å². The molecule has 6 heteroatoms. The van der Waals surface area contributed by atoms with Gasteiger partial charge >= 0.3 is 5.97 Å². The molecule has 0 saturated carbocycles. The van der Waals surface area contributed by atoms with E-state index in [-0.39, 0.29) is 16.4 Å². The molecule has 104 valence electrons. The van der Waals surface area contributed by atoms with Gasteiger partial charge in [-0.15, -0.1) is 0 Å². The third kappa shape index (κ3) is 3.03. The molecule has 20 heavy (non-hydrogen) atoms. The average molecular weight is 290 g/mol. The van der Waals surface area contributed by atoms with Gasteiger partial charge in [0.1, 0.15) is 4.88 Å². The Labute approximate surface area is 120 Å². The molecule has 5 nitrogen and oxygen atoms in total. The van der Waals surface area contributed by atoms with E-state index in [2.05, 4.69) is 10.3 Å². The van der Waals surface area contributed by atoms with Crippen LogP contribution >= 0.6 is 11.3 Å². The summed E-state index contributed by atoms with van der Waals surface area (Å²) in [7, 11) is 0. The number of carboxylic acid groups (broad SMARTS) is 1. The van der Waals surface area contributed by atoms with Crippen molar-refractivity contribution in [2.24, 2.45) is 0 Å². The van der Waals surface area contributed by atoms with Crippen LogP contribution < -0.4 is 5.32 Å². The number of thiazole rings is 1. The lowest BCUT2D eigenvalue weighted by molar-refractivity contribution is 0.0687. The number of hydrogen-bond acceptors (Lipinski definition) is 5. The average Bonchev–Trinajstić information content (AvgIpc) is 2.82. The van der Waals surface area contributed by atoms with Crippen LogP contribution in [0.2, 0.25) is 0 Å². The van der Waals surface area contributed by atoms with Crippen LogP contribution in [0.25, 0.3) is 0 Å². The van der Waals surface area contributed by atoms with Gasteiger partial charge in [0.15, 0.2) is 16.6 Å². The standard InChI is InChI=1S/C14H14N2O3S/c1-8-5-3-4-6-10(8)7-15-14-16-11(13(18)19)12(20-14)9(2)17/h3-6H,7H2,1-2H3,(H,15,16)(H,18,19). The zero-order valence-corrected chi connectivity index (χ0v) is 12.0. The van der Waals surface area contributed by atoms with Crippen LogP contribution in [0.15, 0.2) is 24.3 Å². The molecule has 2 aromatic rings. The summed E-state index contributed by atoms with van der Waals surface area (Å²) >= 11 is 1.07. The largest absolute Gasteiger partial charge is 0.476 e. The first kappa shape index (κ1) is 14.2. The van der Waals surface area contributed by atoms with Gasteiger partial charge in [-0.1, -0.05) is 35.6 Å². The lowest BCUT2D eigenvalue weighted by Crippen LogP contribution is -2.04. The molecule has 2 N–H and O–H groups in total. The topological polar surface area (TPSA) is 79.3 Å². The summed E-state index contributed by atoms with van der Waals surface area (Å²) in [5, 5.41) is 12.5. The van der Waals surface area contributed by atoms with Crippen LogP contribution in [0.5, 0.6) is 0 Å². The molecule has 0 saturated heterocycles. The summed E-state index contributed by atoms with van der Waals surface area (Å²) in [6.07, 6.45) is 0. The molecule has 0 fully saturated rings. The predicted molar refractivity (Wildman–Crippen MR) is 77.6 cm³/mol. The van der Waals surface area contributed by atoms with Crippen LogP contribution in [-0.2, 0) is 6.54 Å². The Hall–Kier alpha value is -2.21. The molecule has 2 rings (SSSR count). The fourth-order valence-corrected chi connectivity index (χ4v) is 2.61. The Kier molecular flexibility index (Phi) is 4.14. The normalized spacial score (nSPS) is 10.3. The van der Waals surface area contributed by atoms with E-state index >= 15 is 0 Å². The molecule has 0 aliphatic carbocycles. The first-order chi connectivity index (χ1) is 9.49. The summed E-state index contributed by atoms with van der Waals surface area (Å²) in [5.41, 5.74) is 2.06. The van der Waals surface area contributed by atoms with Gasteiger partial charge in [0.2, 0.25) is 0 Å². The number of rotatable bonds is 5. The maximum atomic E-state index is 11.4. The van der Waals surface area contributed by atoms with E-state index in [1.165, 1.54) is 6.92 Å². The maximum Gasteiger partial charge on any atom is 0.356 e. The van der Waals surface area contributed by atoms with Gasteiger partial charge in [-0.3, -0.25) is 4.79 Å². The number of nitrogens with zero attached hydrogens (tertiary/aromatic N) is 1. The number of ketones is 1. The quantitative estimate of drug-likeness (QED) is 0.828. The molecule has 1 aromatic carbocycles. The van der Waals surface area contributed by atoms with Gasteiger partial charge in [-0.2, -0.15) is 0 Å². The van der Waals surface area contributed by atoms with E-state index in [1.54, 1.807) is 0 Å². The van der Waals surface area contributed by atoms with Crippen LogP contribution in [0, 0.1) is 6.92 Å². The highest BCUT2D eigenvalue weighted by molar-refractivity contribution is 7.17. The highest BCUT2D eigenvalue weighted by Gasteiger charge is 2.20. The monoisotopic (exact) mass is 290 g/mol. The van der Waals surface area contributed by atoms with E-state index in [0.29, 0.717) is 11.7 Å². The Bertz CT molecular complexity index is 633. The molecule has 1 heterocycles. The zero-order valence-electron chi connectivity index (χ0n) is 11.1. The molecule has 0 radical (unpaired) electrons. The minimum absolute atomic E-state index is 0.171. The number of hydrogen-bond donors (Lipinski definition) is 2. The number of carboxylic acids is 1. The lowest BCUT2D eigenvalue weighted by Gasteiger charge is -2.05. The molecule has 0 atom stereocenters. The molecule has 0 aliphatic rings. The number of Topliss-reactive ketones (excluding diaryl/α,β-unsaturated/α-hetero) is 1. The number of aromatic carboxylic acids is 1. The molecule has 0 bridgehead atoms. The van der Waals surface area contributed by atoms with Gasteiger partial charge in [-0.25, -0.2) is 9.78 Å². The second-order valence-electron chi connectivity index (χ2n) is 4.34. The van der Waals surface area contributed by atoms with Crippen molar-refractivity contribution in [1.82, 2.24) is 4.98 Å². The number of nitrogens with one attached hydrogen (secondary N) is 1. The van der Waals surface area contributed by atoms with E-state index in [9.17, 15) is 9.59 Å². The van der Waals surface area contributed by atoms with Crippen LogP contribution in [0.3, 0.4) is 0 Å². The Morgan fingerprint density at radius 2 is 2.05 bits per heavy atom. The van der Waals surface area contributed by atoms with Gasteiger partial charge < -0.3 is 10.4 Å². The summed E-state index contributed by atoms with van der Waals surface area (Å²) < 4.78 is 0. The Balaban J connectivity index is 2.19. The van der Waals surface area contributed by atoms with Crippen molar-refractivity contribution in [2.75, 3.05) is 5.32 Å². The maximum absolute atomic E-state index is 11.4. The van der Waals surface area contributed by atoms with Gasteiger partial charge in [0, 0.05) is 13.5 Å². The minimum atomic E-state index is -1.18. The van der Waals surface area contributed by atoms with E-state index in [4.69, 9.17) is 5.11 Å². The number of benzene rings is 1. The molecule has 0 amide bonds. The summed E-state index contributed by atoms with van der Waals surface area (Å²) in [6.45, 7) is 3.88. The van der Waals surface area contributed by atoms with Crippen molar-refractivity contribution in [2.45, 2.75) is 20.4 Å². The van der Waals surface area contributed by atoms with E-state index in [0.717, 1.165) is 22.5 Å². The number of aromatic nitrogens is 1. The number of aryl methyl sites for hydroxylation is 1. The zero-order chi connectivity index (χ0) is 14.7. The van der Waals surface area contributed by atoms with Crippen molar-refractivity contribution < 1.29 is 14.7 Å². The van der Waals surface area contributed by atoms with Crippen molar-refractivity contribution in [3.05, 3.63) is 46.0 Å². The summed E-state index contributed by atoms with van der Waals surface area (Å²) in [4.78, 5) is 26.6. The number of anilines is 1. The first-order valence-corrected chi connectivity index (χ1v) is 6.84. The number of carbonyl (C=O) groups excluding carboxylic acids is 1. The molecule has 0 aliphatic heterocycles. The predicted octanol–water partition coefficient (Wildman–Crippen LogP) is 2.96. The van der Waals surface area contributed by atoms with Crippen LogP contribution in [-0.4, -0.2) is 21.8 Å². The summed E-state index contributed by atoms with van der Waals surface area (Å²) in [6, 6.07) is 7.89. The van der Waals surface area contributed by atoms with Crippen LogP contribution in [0.1, 0.15) is 38.2 Å². The van der Waals surface area contributed by atoms with Gasteiger partial charge in [-0.05, 0) is 18.1 Å². The molecule has 1 aromatic heterocycles.